The molecule has 4 heterocycles. The third-order valence-corrected chi connectivity index (χ3v) is 5.76. The third-order valence-electron chi connectivity index (χ3n) is 4.94. The van der Waals surface area contributed by atoms with Crippen molar-refractivity contribution in [3.05, 3.63) is 46.2 Å². The van der Waals surface area contributed by atoms with Crippen LogP contribution in [0, 0.1) is 6.92 Å². The summed E-state index contributed by atoms with van der Waals surface area (Å²) in [7, 11) is 0. The van der Waals surface area contributed by atoms with Gasteiger partial charge in [-0.2, -0.15) is 0 Å². The van der Waals surface area contributed by atoms with Gasteiger partial charge in [0.1, 0.15) is 5.60 Å². The van der Waals surface area contributed by atoms with Gasteiger partial charge in [0.25, 0.3) is 0 Å². The normalized spacial score (nSPS) is 25.4. The highest BCUT2D eigenvalue weighted by Crippen LogP contribution is 2.25. The molecule has 0 bridgehead atoms. The van der Waals surface area contributed by atoms with Gasteiger partial charge >= 0.3 is 0 Å². The second-order valence-electron chi connectivity index (χ2n) is 7.22. The number of ether oxygens (including phenoxy) is 2. The molecule has 140 valence electrons. The van der Waals surface area contributed by atoms with E-state index in [1.165, 1.54) is 5.56 Å². The minimum Gasteiger partial charge on any atom is -0.377 e. The number of aryl methyl sites for hydroxylation is 1. The van der Waals surface area contributed by atoms with Crippen LogP contribution in [0.4, 0.5) is 0 Å². The van der Waals surface area contributed by atoms with E-state index in [1.807, 2.05) is 18.5 Å². The van der Waals surface area contributed by atoms with Gasteiger partial charge in [0.15, 0.2) is 0 Å². The Hall–Kier alpha value is -1.38. The Balaban J connectivity index is 1.43. The molecule has 1 spiro atoms. The Morgan fingerprint density at radius 1 is 1.19 bits per heavy atom. The minimum atomic E-state index is -0.262. The van der Waals surface area contributed by atoms with Crippen molar-refractivity contribution in [3.63, 3.8) is 0 Å². The first-order valence-corrected chi connectivity index (χ1v) is 10.1. The number of aromatic nitrogens is 2. The van der Waals surface area contributed by atoms with Gasteiger partial charge in [0.05, 0.1) is 30.5 Å². The van der Waals surface area contributed by atoms with Crippen molar-refractivity contribution in [2.75, 3.05) is 46.0 Å². The van der Waals surface area contributed by atoms with Crippen LogP contribution in [-0.2, 0) is 22.6 Å². The summed E-state index contributed by atoms with van der Waals surface area (Å²) in [5.74, 6) is 0. The van der Waals surface area contributed by atoms with Gasteiger partial charge in [-0.05, 0) is 18.6 Å². The molecule has 4 rings (SSSR count). The van der Waals surface area contributed by atoms with Crippen LogP contribution in [0.5, 0.6) is 0 Å². The smallest absolute Gasteiger partial charge is 0.117 e. The number of rotatable bonds is 4. The second-order valence-corrected chi connectivity index (χ2v) is 8.29. The largest absolute Gasteiger partial charge is 0.377 e. The zero-order valence-electron chi connectivity index (χ0n) is 15.3. The van der Waals surface area contributed by atoms with Gasteiger partial charge < -0.3 is 9.47 Å². The SMILES string of the molecule is Cc1nc(CN2CCOCC3(CN(Cc4cccnc4)CCO3)C2)cs1. The van der Waals surface area contributed by atoms with Gasteiger partial charge in [0, 0.05) is 57.0 Å². The number of nitrogens with zero attached hydrogens (tertiary/aromatic N) is 4. The molecular weight excluding hydrogens is 348 g/mol. The molecule has 0 aromatic carbocycles. The number of hydrogen-bond donors (Lipinski definition) is 0. The Morgan fingerprint density at radius 3 is 2.81 bits per heavy atom. The van der Waals surface area contributed by atoms with Crippen LogP contribution in [0.2, 0.25) is 0 Å². The van der Waals surface area contributed by atoms with Crippen molar-refractivity contribution in [1.82, 2.24) is 19.8 Å². The second kappa shape index (κ2) is 8.10. The van der Waals surface area contributed by atoms with E-state index < -0.39 is 0 Å². The van der Waals surface area contributed by atoms with E-state index >= 15 is 0 Å². The topological polar surface area (TPSA) is 50.7 Å². The lowest BCUT2D eigenvalue weighted by atomic mass is 10.0. The number of thiazole rings is 1. The number of pyridine rings is 1. The third kappa shape index (κ3) is 4.47. The summed E-state index contributed by atoms with van der Waals surface area (Å²) >= 11 is 1.71. The number of morpholine rings is 1. The molecule has 0 saturated carbocycles. The summed E-state index contributed by atoms with van der Waals surface area (Å²) < 4.78 is 12.2. The fraction of sp³-hybridized carbons (Fsp3) is 0.579. The lowest BCUT2D eigenvalue weighted by Gasteiger charge is -2.43. The van der Waals surface area contributed by atoms with Crippen molar-refractivity contribution in [1.29, 1.82) is 0 Å². The molecule has 7 heteroatoms. The van der Waals surface area contributed by atoms with Crippen molar-refractivity contribution in [2.45, 2.75) is 25.6 Å². The minimum absolute atomic E-state index is 0.262. The molecule has 2 aromatic rings. The van der Waals surface area contributed by atoms with Crippen molar-refractivity contribution >= 4 is 11.3 Å². The van der Waals surface area contributed by atoms with E-state index in [1.54, 1.807) is 11.3 Å². The summed E-state index contributed by atoms with van der Waals surface area (Å²) in [5, 5.41) is 3.28. The van der Waals surface area contributed by atoms with E-state index in [0.29, 0.717) is 6.61 Å². The van der Waals surface area contributed by atoms with Crippen LogP contribution >= 0.6 is 11.3 Å². The number of hydrogen-bond acceptors (Lipinski definition) is 7. The van der Waals surface area contributed by atoms with Gasteiger partial charge in [-0.25, -0.2) is 4.98 Å². The van der Waals surface area contributed by atoms with Crippen LogP contribution in [0.1, 0.15) is 16.3 Å². The zero-order chi connectivity index (χ0) is 17.8. The van der Waals surface area contributed by atoms with E-state index in [-0.39, 0.29) is 5.60 Å². The molecule has 0 N–H and O–H groups in total. The summed E-state index contributed by atoms with van der Waals surface area (Å²) in [6, 6.07) is 4.13. The van der Waals surface area contributed by atoms with E-state index in [0.717, 1.165) is 63.2 Å². The van der Waals surface area contributed by atoms with Gasteiger partial charge in [-0.15, -0.1) is 11.3 Å². The van der Waals surface area contributed by atoms with Crippen LogP contribution in [0.25, 0.3) is 0 Å². The lowest BCUT2D eigenvalue weighted by Crippen LogP contribution is -2.58. The maximum absolute atomic E-state index is 6.29. The van der Waals surface area contributed by atoms with Crippen LogP contribution < -0.4 is 0 Å². The fourth-order valence-corrected chi connectivity index (χ4v) is 4.42. The maximum Gasteiger partial charge on any atom is 0.117 e. The first-order valence-electron chi connectivity index (χ1n) is 9.17. The highest BCUT2D eigenvalue weighted by atomic mass is 32.1. The Kier molecular flexibility index (Phi) is 5.61. The monoisotopic (exact) mass is 374 g/mol. The van der Waals surface area contributed by atoms with Crippen LogP contribution in [0.3, 0.4) is 0 Å². The van der Waals surface area contributed by atoms with E-state index in [9.17, 15) is 0 Å². The molecule has 2 aromatic heterocycles. The molecule has 26 heavy (non-hydrogen) atoms. The van der Waals surface area contributed by atoms with Crippen molar-refractivity contribution in [2.24, 2.45) is 0 Å². The molecule has 0 aliphatic carbocycles. The fourth-order valence-electron chi connectivity index (χ4n) is 3.82. The first kappa shape index (κ1) is 18.0. The van der Waals surface area contributed by atoms with Crippen LogP contribution in [-0.4, -0.2) is 71.4 Å². The molecule has 2 saturated heterocycles. The maximum atomic E-state index is 6.29. The molecule has 0 amide bonds. The predicted octanol–water partition coefficient (Wildman–Crippen LogP) is 1.95. The summed E-state index contributed by atoms with van der Waals surface area (Å²) in [6.07, 6.45) is 3.77. The van der Waals surface area contributed by atoms with Crippen molar-refractivity contribution < 1.29 is 9.47 Å². The van der Waals surface area contributed by atoms with E-state index in [2.05, 4.69) is 38.1 Å². The Morgan fingerprint density at radius 2 is 2.04 bits per heavy atom. The highest BCUT2D eigenvalue weighted by Gasteiger charge is 2.40. The molecule has 2 aliphatic heterocycles. The molecule has 2 aliphatic rings. The molecule has 2 fully saturated rings. The molecule has 0 radical (unpaired) electrons. The predicted molar refractivity (Wildman–Crippen MR) is 101 cm³/mol. The van der Waals surface area contributed by atoms with Gasteiger partial charge in [-0.1, -0.05) is 6.07 Å². The summed E-state index contributed by atoms with van der Waals surface area (Å²) in [6.45, 7) is 9.61. The van der Waals surface area contributed by atoms with Crippen molar-refractivity contribution in [3.8, 4) is 0 Å². The Labute approximate surface area is 158 Å². The molecule has 1 atom stereocenters. The summed E-state index contributed by atoms with van der Waals surface area (Å²) in [5.41, 5.74) is 2.13. The van der Waals surface area contributed by atoms with Crippen LogP contribution in [0.15, 0.2) is 29.9 Å². The Bertz CT molecular complexity index is 711. The van der Waals surface area contributed by atoms with Gasteiger partial charge in [0.2, 0.25) is 0 Å². The average molecular weight is 375 g/mol. The summed E-state index contributed by atoms with van der Waals surface area (Å²) in [4.78, 5) is 13.7. The zero-order valence-corrected chi connectivity index (χ0v) is 16.1. The average Bonchev–Trinajstić information content (AvgIpc) is 2.94. The van der Waals surface area contributed by atoms with E-state index in [4.69, 9.17) is 9.47 Å². The quantitative estimate of drug-likeness (QED) is 0.815. The molecular formula is C19H26N4O2S. The molecule has 1 unspecified atom stereocenters. The molecule has 6 nitrogen and oxygen atoms in total. The van der Waals surface area contributed by atoms with Gasteiger partial charge in [-0.3, -0.25) is 14.8 Å². The lowest BCUT2D eigenvalue weighted by molar-refractivity contribution is -0.143. The standard InChI is InChI=1S/C19H26N4O2S/c1-16-21-18(12-26-16)11-23-5-7-24-15-19(14-23)13-22(6-8-25-19)10-17-3-2-4-20-9-17/h2-4,9,12H,5-8,10-11,13-15H2,1H3. The highest BCUT2D eigenvalue weighted by molar-refractivity contribution is 7.09. The first-order chi connectivity index (χ1) is 12.7.